The highest BCUT2D eigenvalue weighted by atomic mass is 35.5. The summed E-state index contributed by atoms with van der Waals surface area (Å²) in [5.41, 5.74) is 4.64. The molecule has 3 aromatic carbocycles. The molecule has 1 N–H and O–H groups in total. The van der Waals surface area contributed by atoms with Gasteiger partial charge in [-0.25, -0.2) is 4.39 Å². The van der Waals surface area contributed by atoms with E-state index < -0.39 is 0 Å². The average molecular weight is 463 g/mol. The van der Waals surface area contributed by atoms with Gasteiger partial charge in [-0.05, 0) is 72.6 Å². The fraction of sp³-hybridized carbons (Fsp3) is 0.115. The second-order valence-electron chi connectivity index (χ2n) is 7.72. The molecule has 166 valence electrons. The summed E-state index contributed by atoms with van der Waals surface area (Å²) in [6.07, 6.45) is 0. The lowest BCUT2D eigenvalue weighted by atomic mass is 10.1. The molecule has 1 amide bonds. The Kier molecular flexibility index (Phi) is 5.52. The molecule has 7 heteroatoms. The number of amides is 1. The van der Waals surface area contributed by atoms with Crippen molar-refractivity contribution in [3.05, 3.63) is 100 Å². The van der Waals surface area contributed by atoms with Crippen LogP contribution < -0.4 is 14.8 Å². The Hall–Kier alpha value is -3.77. The number of nitrogens with one attached hydrogen (secondary N) is 1. The Morgan fingerprint density at radius 3 is 2.48 bits per heavy atom. The number of rotatable bonds is 5. The number of fused-ring (bicyclic) bond motifs is 1. The second-order valence-corrected chi connectivity index (χ2v) is 8.15. The Labute approximate surface area is 195 Å². The number of halogens is 2. The minimum Gasteiger partial charge on any atom is -0.454 e. The zero-order valence-electron chi connectivity index (χ0n) is 17.8. The Bertz CT molecular complexity index is 1330. The molecule has 0 radical (unpaired) electrons. The summed E-state index contributed by atoms with van der Waals surface area (Å²) >= 11 is 6.07. The summed E-state index contributed by atoms with van der Waals surface area (Å²) in [7, 11) is 0. The molecule has 0 atom stereocenters. The van der Waals surface area contributed by atoms with Crippen molar-refractivity contribution >= 4 is 17.5 Å². The van der Waals surface area contributed by atoms with Crippen molar-refractivity contribution in [3.8, 4) is 28.4 Å². The zero-order valence-corrected chi connectivity index (χ0v) is 18.5. The molecule has 0 spiro atoms. The highest BCUT2D eigenvalue weighted by Crippen LogP contribution is 2.33. The Morgan fingerprint density at radius 1 is 1.00 bits per heavy atom. The third-order valence-electron chi connectivity index (χ3n) is 5.61. The highest BCUT2D eigenvalue weighted by molar-refractivity contribution is 6.30. The first-order chi connectivity index (χ1) is 16.0. The molecular weight excluding hydrogens is 443 g/mol. The van der Waals surface area contributed by atoms with Crippen molar-refractivity contribution in [1.29, 1.82) is 0 Å². The molecule has 1 aliphatic heterocycles. The minimum absolute atomic E-state index is 0.203. The van der Waals surface area contributed by atoms with E-state index in [1.807, 2.05) is 47.9 Å². The molecule has 0 fully saturated rings. The molecule has 0 bridgehead atoms. The van der Waals surface area contributed by atoms with Gasteiger partial charge < -0.3 is 19.4 Å². The van der Waals surface area contributed by atoms with Crippen LogP contribution in [0.15, 0.2) is 72.8 Å². The number of ether oxygens (including phenoxy) is 2. The zero-order chi connectivity index (χ0) is 22.9. The fourth-order valence-electron chi connectivity index (χ4n) is 3.92. The quantitative estimate of drug-likeness (QED) is 0.401. The molecule has 0 saturated carbocycles. The molecule has 1 aliphatic rings. The van der Waals surface area contributed by atoms with Gasteiger partial charge in [-0.15, -0.1) is 0 Å². The summed E-state index contributed by atoms with van der Waals surface area (Å²) in [6, 6.07) is 21.0. The van der Waals surface area contributed by atoms with Crippen LogP contribution in [0.1, 0.15) is 21.6 Å². The summed E-state index contributed by atoms with van der Waals surface area (Å²) in [5, 5.41) is 3.60. The third kappa shape index (κ3) is 4.17. The van der Waals surface area contributed by atoms with Gasteiger partial charge in [-0.1, -0.05) is 29.8 Å². The lowest BCUT2D eigenvalue weighted by molar-refractivity contribution is 0.0950. The largest absolute Gasteiger partial charge is 0.454 e. The Balaban J connectivity index is 1.48. The maximum atomic E-state index is 13.5. The highest BCUT2D eigenvalue weighted by Gasteiger charge is 2.20. The number of aromatic nitrogens is 1. The van der Waals surface area contributed by atoms with Crippen LogP contribution in [0.3, 0.4) is 0 Å². The molecule has 2 heterocycles. The monoisotopic (exact) mass is 462 g/mol. The standard InChI is InChI=1S/C26H20ClFN2O3/c1-16-22(26(31)29-14-17-2-11-24-25(12-17)33-15-32-24)13-23(18-3-5-19(27)6-4-18)30(16)21-9-7-20(28)8-10-21/h2-13H,14-15H2,1H3,(H,29,31). The molecule has 0 unspecified atom stereocenters. The number of nitrogens with zero attached hydrogens (tertiary/aromatic N) is 1. The first-order valence-corrected chi connectivity index (χ1v) is 10.8. The van der Waals surface area contributed by atoms with Crippen molar-refractivity contribution in [1.82, 2.24) is 9.88 Å². The van der Waals surface area contributed by atoms with Crippen molar-refractivity contribution in [2.45, 2.75) is 13.5 Å². The van der Waals surface area contributed by atoms with E-state index in [9.17, 15) is 9.18 Å². The van der Waals surface area contributed by atoms with E-state index in [2.05, 4.69) is 5.32 Å². The second kappa shape index (κ2) is 8.64. The third-order valence-corrected chi connectivity index (χ3v) is 5.86. The van der Waals surface area contributed by atoms with E-state index in [1.165, 1.54) is 12.1 Å². The first-order valence-electron chi connectivity index (χ1n) is 10.4. The average Bonchev–Trinajstić information content (AvgIpc) is 3.42. The number of carbonyl (C=O) groups excluding carboxylic acids is 1. The molecule has 0 saturated heterocycles. The molecule has 5 rings (SSSR count). The van der Waals surface area contributed by atoms with Crippen molar-refractivity contribution in [3.63, 3.8) is 0 Å². The molecule has 5 nitrogen and oxygen atoms in total. The topological polar surface area (TPSA) is 52.5 Å². The summed E-state index contributed by atoms with van der Waals surface area (Å²) in [6.45, 7) is 2.42. The van der Waals surface area contributed by atoms with Crippen LogP contribution in [-0.4, -0.2) is 17.3 Å². The van der Waals surface area contributed by atoms with Gasteiger partial charge in [-0.3, -0.25) is 4.79 Å². The predicted octanol–water partition coefficient (Wildman–Crippen LogP) is 5.90. The van der Waals surface area contributed by atoms with E-state index in [0.717, 1.165) is 28.2 Å². The van der Waals surface area contributed by atoms with Crippen molar-refractivity contribution < 1.29 is 18.7 Å². The molecule has 0 aliphatic carbocycles. The Morgan fingerprint density at radius 2 is 1.73 bits per heavy atom. The van der Waals surface area contributed by atoms with Crippen LogP contribution in [-0.2, 0) is 6.54 Å². The van der Waals surface area contributed by atoms with E-state index in [1.54, 1.807) is 24.3 Å². The number of benzene rings is 3. The molecular formula is C26H20ClFN2O3. The minimum atomic E-state index is -0.321. The van der Waals surface area contributed by atoms with E-state index in [4.69, 9.17) is 21.1 Å². The van der Waals surface area contributed by atoms with Crippen LogP contribution in [0, 0.1) is 12.7 Å². The van der Waals surface area contributed by atoms with Gasteiger partial charge in [0.25, 0.3) is 5.91 Å². The van der Waals surface area contributed by atoms with Crippen LogP contribution in [0.25, 0.3) is 16.9 Å². The van der Waals surface area contributed by atoms with Crippen LogP contribution in [0.5, 0.6) is 11.5 Å². The normalized spacial score (nSPS) is 12.1. The van der Waals surface area contributed by atoms with E-state index in [0.29, 0.717) is 28.6 Å². The summed E-state index contributed by atoms with van der Waals surface area (Å²) in [5.74, 6) is 0.842. The number of hydrogen-bond acceptors (Lipinski definition) is 3. The smallest absolute Gasteiger partial charge is 0.253 e. The lowest BCUT2D eigenvalue weighted by Crippen LogP contribution is -2.23. The lowest BCUT2D eigenvalue weighted by Gasteiger charge is -2.13. The number of carbonyl (C=O) groups is 1. The van der Waals surface area contributed by atoms with Gasteiger partial charge in [-0.2, -0.15) is 0 Å². The summed E-state index contributed by atoms with van der Waals surface area (Å²) in [4.78, 5) is 13.1. The van der Waals surface area contributed by atoms with Crippen LogP contribution in [0.4, 0.5) is 4.39 Å². The van der Waals surface area contributed by atoms with Crippen molar-refractivity contribution in [2.24, 2.45) is 0 Å². The maximum Gasteiger partial charge on any atom is 0.253 e. The van der Waals surface area contributed by atoms with Gasteiger partial charge in [0, 0.05) is 22.9 Å². The molecule has 33 heavy (non-hydrogen) atoms. The maximum absolute atomic E-state index is 13.5. The van der Waals surface area contributed by atoms with Gasteiger partial charge in [0.2, 0.25) is 6.79 Å². The van der Waals surface area contributed by atoms with Crippen LogP contribution in [0.2, 0.25) is 5.02 Å². The van der Waals surface area contributed by atoms with E-state index >= 15 is 0 Å². The van der Waals surface area contributed by atoms with Gasteiger partial charge >= 0.3 is 0 Å². The van der Waals surface area contributed by atoms with Crippen molar-refractivity contribution in [2.75, 3.05) is 6.79 Å². The first kappa shape index (κ1) is 21.1. The molecule has 4 aromatic rings. The van der Waals surface area contributed by atoms with Crippen LogP contribution >= 0.6 is 11.6 Å². The summed E-state index contributed by atoms with van der Waals surface area (Å²) < 4.78 is 26.2. The number of hydrogen-bond donors (Lipinski definition) is 1. The van der Waals surface area contributed by atoms with Gasteiger partial charge in [0.15, 0.2) is 11.5 Å². The van der Waals surface area contributed by atoms with E-state index in [-0.39, 0.29) is 18.5 Å². The molecule has 1 aromatic heterocycles. The fourth-order valence-corrected chi connectivity index (χ4v) is 4.05. The predicted molar refractivity (Wildman–Crippen MR) is 125 cm³/mol. The van der Waals surface area contributed by atoms with Gasteiger partial charge in [0.05, 0.1) is 11.3 Å². The van der Waals surface area contributed by atoms with Gasteiger partial charge in [0.1, 0.15) is 5.82 Å². The SMILES string of the molecule is Cc1c(C(=O)NCc2ccc3c(c2)OCO3)cc(-c2ccc(Cl)cc2)n1-c1ccc(F)cc1.